The number of methoxy groups -OCH3 is 1. The van der Waals surface area contributed by atoms with Gasteiger partial charge in [-0.1, -0.05) is 5.16 Å². The first kappa shape index (κ1) is 11.3. The fourth-order valence-corrected chi connectivity index (χ4v) is 1.64. The van der Waals surface area contributed by atoms with Gasteiger partial charge < -0.3 is 19.4 Å². The first-order chi connectivity index (χ1) is 9.28. The lowest BCUT2D eigenvalue weighted by molar-refractivity contribution is 0.373. The second-order valence-corrected chi connectivity index (χ2v) is 3.75. The third-order valence-corrected chi connectivity index (χ3v) is 2.56. The van der Waals surface area contributed by atoms with Gasteiger partial charge in [0.15, 0.2) is 17.3 Å². The summed E-state index contributed by atoms with van der Waals surface area (Å²) in [6, 6.07) is 4.79. The molecule has 2 aromatic heterocycles. The normalized spacial score (nSPS) is 10.6. The molecule has 2 N–H and O–H groups in total. The van der Waals surface area contributed by atoms with Crippen molar-refractivity contribution < 1.29 is 14.4 Å². The number of nitrogens with zero attached hydrogens (tertiary/aromatic N) is 3. The first-order valence-corrected chi connectivity index (χ1v) is 5.49. The molecule has 7 nitrogen and oxygen atoms in total. The molecule has 0 aliphatic rings. The summed E-state index contributed by atoms with van der Waals surface area (Å²) < 4.78 is 10.2. The van der Waals surface area contributed by atoms with Crippen molar-refractivity contribution in [1.82, 2.24) is 20.1 Å². The Hall–Kier alpha value is -2.83. The lowest BCUT2D eigenvalue weighted by Crippen LogP contribution is -1.86. The lowest BCUT2D eigenvalue weighted by Gasteiger charge is -2.03. The lowest BCUT2D eigenvalue weighted by atomic mass is 10.2. The summed E-state index contributed by atoms with van der Waals surface area (Å²) in [5.41, 5.74) is 0.653. The van der Waals surface area contributed by atoms with Crippen molar-refractivity contribution >= 4 is 0 Å². The number of aromatic hydroxyl groups is 1. The van der Waals surface area contributed by atoms with E-state index in [1.54, 1.807) is 24.5 Å². The van der Waals surface area contributed by atoms with Crippen LogP contribution in [0.1, 0.15) is 0 Å². The average Bonchev–Trinajstić information content (AvgIpc) is 3.10. The van der Waals surface area contributed by atoms with Gasteiger partial charge in [0.25, 0.3) is 5.89 Å². The SMILES string of the molecule is COc1cc(-c2nc(-c3ncc[nH]3)no2)ccc1O. The van der Waals surface area contributed by atoms with Gasteiger partial charge in [0, 0.05) is 18.0 Å². The van der Waals surface area contributed by atoms with Crippen LogP contribution in [0.2, 0.25) is 0 Å². The van der Waals surface area contributed by atoms with Crippen LogP contribution in [0, 0.1) is 0 Å². The number of aromatic nitrogens is 4. The summed E-state index contributed by atoms with van der Waals surface area (Å²) in [5.74, 6) is 1.62. The Morgan fingerprint density at radius 1 is 1.37 bits per heavy atom. The molecule has 0 atom stereocenters. The average molecular weight is 258 g/mol. The summed E-state index contributed by atoms with van der Waals surface area (Å²) in [6.45, 7) is 0. The fourth-order valence-electron chi connectivity index (χ4n) is 1.64. The van der Waals surface area contributed by atoms with Gasteiger partial charge in [-0.2, -0.15) is 4.98 Å². The molecule has 0 bridgehead atoms. The summed E-state index contributed by atoms with van der Waals surface area (Å²) in [5, 5.41) is 13.4. The van der Waals surface area contributed by atoms with Crippen molar-refractivity contribution in [1.29, 1.82) is 0 Å². The van der Waals surface area contributed by atoms with Crippen LogP contribution in [-0.2, 0) is 0 Å². The Kier molecular flexibility index (Phi) is 2.64. The van der Waals surface area contributed by atoms with Crippen LogP contribution in [0.25, 0.3) is 23.1 Å². The van der Waals surface area contributed by atoms with E-state index in [0.717, 1.165) is 0 Å². The molecule has 0 unspecified atom stereocenters. The zero-order valence-electron chi connectivity index (χ0n) is 9.99. The number of H-pyrrole nitrogens is 1. The predicted octanol–water partition coefficient (Wildman–Crippen LogP) is 1.84. The minimum atomic E-state index is 0.0528. The van der Waals surface area contributed by atoms with Crippen LogP contribution >= 0.6 is 0 Å². The molecule has 0 spiro atoms. The molecule has 0 amide bonds. The number of imidazole rings is 1. The molecule has 3 aromatic rings. The number of hydrogen-bond donors (Lipinski definition) is 2. The number of nitrogens with one attached hydrogen (secondary N) is 1. The van der Waals surface area contributed by atoms with Crippen molar-refractivity contribution in [3.63, 3.8) is 0 Å². The number of phenols is 1. The highest BCUT2D eigenvalue weighted by molar-refractivity contribution is 5.60. The zero-order valence-corrected chi connectivity index (χ0v) is 9.99. The minimum Gasteiger partial charge on any atom is -0.504 e. The van der Waals surface area contributed by atoms with Gasteiger partial charge in [0.1, 0.15) is 0 Å². The van der Waals surface area contributed by atoms with Crippen LogP contribution in [0.5, 0.6) is 11.5 Å². The molecular weight excluding hydrogens is 248 g/mol. The van der Waals surface area contributed by atoms with Gasteiger partial charge in [-0.3, -0.25) is 0 Å². The number of rotatable bonds is 3. The molecule has 1 aromatic carbocycles. The van der Waals surface area contributed by atoms with Gasteiger partial charge in [0.2, 0.25) is 5.82 Å². The van der Waals surface area contributed by atoms with E-state index < -0.39 is 0 Å². The van der Waals surface area contributed by atoms with E-state index in [-0.39, 0.29) is 5.75 Å². The maximum atomic E-state index is 9.53. The summed E-state index contributed by atoms with van der Waals surface area (Å²) in [7, 11) is 1.47. The third-order valence-electron chi connectivity index (χ3n) is 2.56. The van der Waals surface area contributed by atoms with E-state index in [1.807, 2.05) is 0 Å². The predicted molar refractivity (Wildman–Crippen MR) is 65.5 cm³/mol. The molecule has 0 fully saturated rings. The second kappa shape index (κ2) is 4.45. The van der Waals surface area contributed by atoms with Gasteiger partial charge in [0.05, 0.1) is 7.11 Å². The molecule has 7 heteroatoms. The second-order valence-electron chi connectivity index (χ2n) is 3.75. The maximum absolute atomic E-state index is 9.53. The fraction of sp³-hybridized carbons (Fsp3) is 0.0833. The first-order valence-electron chi connectivity index (χ1n) is 5.49. The van der Waals surface area contributed by atoms with Gasteiger partial charge >= 0.3 is 0 Å². The standard InChI is InChI=1S/C12H10N4O3/c1-18-9-6-7(2-3-8(9)17)12-15-11(16-19-12)10-13-4-5-14-10/h2-6,17H,1H3,(H,13,14). The topological polar surface area (TPSA) is 97.1 Å². The Labute approximate surface area is 107 Å². The Bertz CT molecular complexity index is 691. The summed E-state index contributed by atoms with van der Waals surface area (Å²) >= 11 is 0. The minimum absolute atomic E-state index is 0.0528. The Balaban J connectivity index is 1.99. The zero-order chi connectivity index (χ0) is 13.2. The number of ether oxygens (including phenoxy) is 1. The molecule has 0 saturated heterocycles. The molecule has 0 aliphatic carbocycles. The van der Waals surface area contributed by atoms with Crippen molar-refractivity contribution in [3.05, 3.63) is 30.6 Å². The van der Waals surface area contributed by atoms with Crippen molar-refractivity contribution in [2.75, 3.05) is 7.11 Å². The molecule has 0 radical (unpaired) electrons. The van der Waals surface area contributed by atoms with Crippen molar-refractivity contribution in [2.24, 2.45) is 0 Å². The summed E-state index contributed by atoms with van der Waals surface area (Å²) in [6.07, 6.45) is 3.28. The molecule has 2 heterocycles. The monoisotopic (exact) mass is 258 g/mol. The van der Waals surface area contributed by atoms with Crippen LogP contribution in [0.3, 0.4) is 0 Å². The Morgan fingerprint density at radius 2 is 2.26 bits per heavy atom. The Morgan fingerprint density at radius 3 is 3.00 bits per heavy atom. The van der Waals surface area contributed by atoms with Gasteiger partial charge in [-0.25, -0.2) is 4.98 Å². The molecule has 0 saturated carbocycles. The quantitative estimate of drug-likeness (QED) is 0.744. The van der Waals surface area contributed by atoms with Crippen LogP contribution in [0.15, 0.2) is 35.1 Å². The van der Waals surface area contributed by atoms with E-state index in [9.17, 15) is 5.11 Å². The molecule has 3 rings (SSSR count). The highest BCUT2D eigenvalue weighted by Crippen LogP contribution is 2.31. The maximum Gasteiger partial charge on any atom is 0.258 e. The van der Waals surface area contributed by atoms with E-state index >= 15 is 0 Å². The molecular formula is C12H10N4O3. The summed E-state index contributed by atoms with van der Waals surface area (Å²) in [4.78, 5) is 11.1. The van der Waals surface area contributed by atoms with Crippen LogP contribution in [-0.4, -0.2) is 32.3 Å². The van der Waals surface area contributed by atoms with E-state index in [2.05, 4.69) is 20.1 Å². The van der Waals surface area contributed by atoms with Gasteiger partial charge in [-0.15, -0.1) is 0 Å². The van der Waals surface area contributed by atoms with E-state index in [0.29, 0.717) is 28.9 Å². The van der Waals surface area contributed by atoms with Crippen molar-refractivity contribution in [3.8, 4) is 34.6 Å². The molecule has 96 valence electrons. The highest BCUT2D eigenvalue weighted by Gasteiger charge is 2.13. The number of hydrogen-bond acceptors (Lipinski definition) is 6. The molecule has 19 heavy (non-hydrogen) atoms. The largest absolute Gasteiger partial charge is 0.504 e. The third kappa shape index (κ3) is 2.01. The van der Waals surface area contributed by atoms with Crippen molar-refractivity contribution in [2.45, 2.75) is 0 Å². The number of phenolic OH excluding ortho intramolecular Hbond substituents is 1. The highest BCUT2D eigenvalue weighted by atomic mass is 16.5. The number of aromatic amines is 1. The van der Waals surface area contributed by atoms with Gasteiger partial charge in [-0.05, 0) is 18.2 Å². The smallest absolute Gasteiger partial charge is 0.258 e. The molecule has 0 aliphatic heterocycles. The van der Waals surface area contributed by atoms with E-state index in [4.69, 9.17) is 9.26 Å². The van der Waals surface area contributed by atoms with E-state index in [1.165, 1.54) is 13.2 Å². The number of benzene rings is 1. The van der Waals surface area contributed by atoms with Crippen LogP contribution < -0.4 is 4.74 Å². The van der Waals surface area contributed by atoms with Crippen LogP contribution in [0.4, 0.5) is 0 Å².